The van der Waals surface area contributed by atoms with Crippen molar-refractivity contribution in [3.8, 4) is 0 Å². The summed E-state index contributed by atoms with van der Waals surface area (Å²) in [5.41, 5.74) is 2.03. The smallest absolute Gasteiger partial charge is 0.274 e. The Morgan fingerprint density at radius 1 is 1.14 bits per heavy atom. The molecule has 2 heterocycles. The van der Waals surface area contributed by atoms with Gasteiger partial charge >= 0.3 is 0 Å². The van der Waals surface area contributed by atoms with Gasteiger partial charge in [-0.1, -0.05) is 43.3 Å². The second kappa shape index (κ2) is 8.94. The molecule has 7 nitrogen and oxygen atoms in total. The fourth-order valence-corrected chi connectivity index (χ4v) is 2.87. The predicted octanol–water partition coefficient (Wildman–Crippen LogP) is 2.79. The lowest BCUT2D eigenvalue weighted by Crippen LogP contribution is -2.33. The largest absolute Gasteiger partial charge is 0.344 e. The standard InChI is InChI=1S/C21H23N5O2/c1-16(17-8-4-3-5-9-17)13-25(2)20(27)15-26-14-18(12-23-26)24-21(28)19-10-6-7-11-22-19/h3-12,14,16H,13,15H2,1-2H3,(H,24,28). The zero-order valence-electron chi connectivity index (χ0n) is 15.9. The maximum Gasteiger partial charge on any atom is 0.274 e. The van der Waals surface area contributed by atoms with E-state index in [1.165, 1.54) is 16.4 Å². The van der Waals surface area contributed by atoms with E-state index in [0.29, 0.717) is 17.9 Å². The van der Waals surface area contributed by atoms with Crippen molar-refractivity contribution in [3.05, 3.63) is 78.4 Å². The molecule has 0 spiro atoms. The molecular formula is C21H23N5O2. The Hall–Kier alpha value is -3.48. The van der Waals surface area contributed by atoms with Gasteiger partial charge in [-0.25, -0.2) is 0 Å². The summed E-state index contributed by atoms with van der Waals surface area (Å²) in [6, 6.07) is 15.2. The number of aromatic nitrogens is 3. The van der Waals surface area contributed by atoms with E-state index in [1.54, 1.807) is 42.5 Å². The number of anilines is 1. The second-order valence-corrected chi connectivity index (χ2v) is 6.68. The lowest BCUT2D eigenvalue weighted by molar-refractivity contribution is -0.130. The van der Waals surface area contributed by atoms with Gasteiger partial charge in [0, 0.05) is 26.0 Å². The Kier molecular flexibility index (Phi) is 6.16. The molecule has 1 N–H and O–H groups in total. The van der Waals surface area contributed by atoms with Gasteiger partial charge in [0.1, 0.15) is 12.2 Å². The van der Waals surface area contributed by atoms with Crippen molar-refractivity contribution in [1.82, 2.24) is 19.7 Å². The normalized spacial score (nSPS) is 11.6. The number of amides is 2. The molecule has 0 aliphatic heterocycles. The molecule has 0 saturated heterocycles. The fourth-order valence-electron chi connectivity index (χ4n) is 2.87. The minimum atomic E-state index is -0.319. The van der Waals surface area contributed by atoms with Crippen molar-refractivity contribution in [2.75, 3.05) is 18.9 Å². The highest BCUT2D eigenvalue weighted by molar-refractivity contribution is 6.02. The Balaban J connectivity index is 1.54. The van der Waals surface area contributed by atoms with Crippen LogP contribution in [0.1, 0.15) is 28.9 Å². The Bertz CT molecular complexity index is 924. The van der Waals surface area contributed by atoms with Gasteiger partial charge in [0.15, 0.2) is 0 Å². The third kappa shape index (κ3) is 5.03. The van der Waals surface area contributed by atoms with Gasteiger partial charge in [-0.3, -0.25) is 19.3 Å². The number of carbonyl (C=O) groups is 2. The molecule has 0 aliphatic rings. The maximum absolute atomic E-state index is 12.5. The average Bonchev–Trinajstić information content (AvgIpc) is 3.15. The zero-order chi connectivity index (χ0) is 19.9. The van der Waals surface area contributed by atoms with E-state index in [2.05, 4.69) is 34.5 Å². The van der Waals surface area contributed by atoms with E-state index in [-0.39, 0.29) is 24.3 Å². The zero-order valence-corrected chi connectivity index (χ0v) is 15.9. The number of nitrogens with one attached hydrogen (secondary N) is 1. The van der Waals surface area contributed by atoms with E-state index in [4.69, 9.17) is 0 Å². The number of nitrogens with zero attached hydrogens (tertiary/aromatic N) is 4. The summed E-state index contributed by atoms with van der Waals surface area (Å²) >= 11 is 0. The first-order valence-electron chi connectivity index (χ1n) is 9.06. The van der Waals surface area contributed by atoms with Crippen LogP contribution in [0.5, 0.6) is 0 Å². The molecule has 3 rings (SSSR count). The number of hydrogen-bond donors (Lipinski definition) is 1. The molecule has 0 fully saturated rings. The Morgan fingerprint density at radius 2 is 1.89 bits per heavy atom. The molecule has 0 radical (unpaired) electrons. The summed E-state index contributed by atoms with van der Waals surface area (Å²) in [6.07, 6.45) is 4.71. The molecule has 7 heteroatoms. The monoisotopic (exact) mass is 377 g/mol. The molecule has 144 valence electrons. The van der Waals surface area contributed by atoms with Crippen LogP contribution in [0.4, 0.5) is 5.69 Å². The highest BCUT2D eigenvalue weighted by atomic mass is 16.2. The first-order valence-corrected chi connectivity index (χ1v) is 9.06. The molecule has 0 bridgehead atoms. The first-order chi connectivity index (χ1) is 13.5. The van der Waals surface area contributed by atoms with Crippen LogP contribution < -0.4 is 5.32 Å². The summed E-state index contributed by atoms with van der Waals surface area (Å²) in [4.78, 5) is 30.3. The number of hydrogen-bond acceptors (Lipinski definition) is 4. The summed E-state index contributed by atoms with van der Waals surface area (Å²) in [6.45, 7) is 2.82. The third-order valence-corrected chi connectivity index (χ3v) is 4.43. The van der Waals surface area contributed by atoms with Gasteiger partial charge in [-0.2, -0.15) is 5.10 Å². The van der Waals surface area contributed by atoms with E-state index < -0.39 is 0 Å². The van der Waals surface area contributed by atoms with Crippen molar-refractivity contribution < 1.29 is 9.59 Å². The quantitative estimate of drug-likeness (QED) is 0.687. The number of pyridine rings is 1. The van der Waals surface area contributed by atoms with Gasteiger partial charge in [0.2, 0.25) is 5.91 Å². The van der Waals surface area contributed by atoms with Crippen LogP contribution in [0.3, 0.4) is 0 Å². The van der Waals surface area contributed by atoms with Gasteiger partial charge < -0.3 is 10.2 Å². The number of benzene rings is 1. The fraction of sp³-hybridized carbons (Fsp3) is 0.238. The highest BCUT2D eigenvalue weighted by Gasteiger charge is 2.15. The van der Waals surface area contributed by atoms with Crippen LogP contribution in [-0.4, -0.2) is 45.1 Å². The SMILES string of the molecule is CC(CN(C)C(=O)Cn1cc(NC(=O)c2ccccn2)cn1)c1ccccc1. The predicted molar refractivity (Wildman–Crippen MR) is 107 cm³/mol. The molecule has 3 aromatic rings. The van der Waals surface area contributed by atoms with Crippen molar-refractivity contribution in [2.24, 2.45) is 0 Å². The highest BCUT2D eigenvalue weighted by Crippen LogP contribution is 2.15. The van der Waals surface area contributed by atoms with Crippen LogP contribution in [0.2, 0.25) is 0 Å². The summed E-state index contributed by atoms with van der Waals surface area (Å²) in [5.74, 6) is -0.130. The molecule has 1 unspecified atom stereocenters. The minimum Gasteiger partial charge on any atom is -0.344 e. The van der Waals surface area contributed by atoms with Crippen LogP contribution in [0, 0.1) is 0 Å². The molecule has 2 aromatic heterocycles. The third-order valence-electron chi connectivity index (χ3n) is 4.43. The molecule has 2 amide bonds. The van der Waals surface area contributed by atoms with Crippen molar-refractivity contribution in [1.29, 1.82) is 0 Å². The summed E-state index contributed by atoms with van der Waals surface area (Å²) in [7, 11) is 1.79. The molecular weight excluding hydrogens is 354 g/mol. The lowest BCUT2D eigenvalue weighted by atomic mass is 10.0. The molecule has 0 saturated carbocycles. The molecule has 1 atom stereocenters. The number of carbonyl (C=O) groups excluding carboxylic acids is 2. The van der Waals surface area contributed by atoms with Gasteiger partial charge in [0.05, 0.1) is 11.9 Å². The van der Waals surface area contributed by atoms with Gasteiger partial charge in [-0.05, 0) is 23.6 Å². The molecule has 28 heavy (non-hydrogen) atoms. The van der Waals surface area contributed by atoms with Crippen molar-refractivity contribution in [3.63, 3.8) is 0 Å². The van der Waals surface area contributed by atoms with E-state index in [1.807, 2.05) is 18.2 Å². The maximum atomic E-state index is 12.5. The topological polar surface area (TPSA) is 80.1 Å². The second-order valence-electron chi connectivity index (χ2n) is 6.68. The van der Waals surface area contributed by atoms with Crippen LogP contribution in [-0.2, 0) is 11.3 Å². The van der Waals surface area contributed by atoms with E-state index >= 15 is 0 Å². The summed E-state index contributed by atoms with van der Waals surface area (Å²) < 4.78 is 1.51. The van der Waals surface area contributed by atoms with Crippen molar-refractivity contribution in [2.45, 2.75) is 19.4 Å². The summed E-state index contributed by atoms with van der Waals surface area (Å²) in [5, 5.41) is 6.88. The van der Waals surface area contributed by atoms with Crippen molar-refractivity contribution >= 4 is 17.5 Å². The average molecular weight is 377 g/mol. The molecule has 1 aromatic carbocycles. The number of likely N-dealkylation sites (N-methyl/N-ethyl adjacent to an activating group) is 1. The van der Waals surface area contributed by atoms with Crippen LogP contribution in [0.15, 0.2) is 67.1 Å². The first kappa shape index (κ1) is 19.3. The Labute approximate surface area is 164 Å². The van der Waals surface area contributed by atoms with Crippen LogP contribution >= 0.6 is 0 Å². The molecule has 0 aliphatic carbocycles. The lowest BCUT2D eigenvalue weighted by Gasteiger charge is -2.22. The van der Waals surface area contributed by atoms with E-state index in [0.717, 1.165) is 0 Å². The Morgan fingerprint density at radius 3 is 2.61 bits per heavy atom. The van der Waals surface area contributed by atoms with Crippen LogP contribution in [0.25, 0.3) is 0 Å². The number of rotatable bonds is 7. The minimum absolute atomic E-state index is 0.0477. The van der Waals surface area contributed by atoms with Gasteiger partial charge in [-0.15, -0.1) is 0 Å². The van der Waals surface area contributed by atoms with E-state index in [9.17, 15) is 9.59 Å². The van der Waals surface area contributed by atoms with Gasteiger partial charge in [0.25, 0.3) is 5.91 Å².